The Kier molecular flexibility index (Phi) is 8.43. The Morgan fingerprint density at radius 2 is 1.82 bits per heavy atom. The molecule has 1 heteroatoms. The molecule has 22 heavy (non-hydrogen) atoms. The molecule has 120 valence electrons. The van der Waals surface area contributed by atoms with Gasteiger partial charge in [-0.2, -0.15) is 0 Å². The standard InChI is InChI=1S/C21H31P/c1-6-7-8-9-20(15-21(16(2)3)18(5)22)14-19-12-10-17(4)11-13-19/h10-13,15,20,22H,2,6-9,14H2,1,3-5H3/b21-15+. The summed E-state index contributed by atoms with van der Waals surface area (Å²) in [4.78, 5) is 0. The Balaban J connectivity index is 2.91. The second-order valence-corrected chi connectivity index (χ2v) is 7.18. The molecule has 0 saturated heterocycles. The van der Waals surface area contributed by atoms with Crippen molar-refractivity contribution < 1.29 is 0 Å². The lowest BCUT2D eigenvalue weighted by molar-refractivity contribution is 0.536. The summed E-state index contributed by atoms with van der Waals surface area (Å²) >= 11 is 0. The number of aryl methyl sites for hydroxylation is 1. The van der Waals surface area contributed by atoms with Gasteiger partial charge in [-0.05, 0) is 56.0 Å². The summed E-state index contributed by atoms with van der Waals surface area (Å²) in [7, 11) is 3.69. The van der Waals surface area contributed by atoms with Crippen LogP contribution < -0.4 is 0 Å². The highest BCUT2D eigenvalue weighted by Crippen LogP contribution is 2.22. The topological polar surface area (TPSA) is 0 Å². The van der Waals surface area contributed by atoms with Gasteiger partial charge in [0.15, 0.2) is 0 Å². The van der Waals surface area contributed by atoms with Gasteiger partial charge in [-0.25, -0.2) is 0 Å². The van der Waals surface area contributed by atoms with E-state index in [2.05, 4.69) is 73.5 Å². The minimum absolute atomic E-state index is 0.576. The number of unbranched alkanes of at least 4 members (excludes halogenated alkanes) is 2. The Hall–Kier alpha value is -1.13. The summed E-state index contributed by atoms with van der Waals surface area (Å²) in [6.07, 6.45) is 8.67. The van der Waals surface area contributed by atoms with E-state index in [-0.39, 0.29) is 0 Å². The molecular weight excluding hydrogens is 283 g/mol. The lowest BCUT2D eigenvalue weighted by Gasteiger charge is -2.16. The molecule has 0 spiro atoms. The van der Waals surface area contributed by atoms with Crippen molar-refractivity contribution in [2.45, 2.75) is 59.8 Å². The lowest BCUT2D eigenvalue weighted by Crippen LogP contribution is -2.06. The second-order valence-electron chi connectivity index (χ2n) is 6.43. The van der Waals surface area contributed by atoms with Crippen molar-refractivity contribution in [2.75, 3.05) is 0 Å². The average molecular weight is 314 g/mol. The van der Waals surface area contributed by atoms with E-state index in [1.165, 1.54) is 47.7 Å². The molecule has 0 aliphatic carbocycles. The molecular formula is C21H31P. The van der Waals surface area contributed by atoms with E-state index in [9.17, 15) is 0 Å². The van der Waals surface area contributed by atoms with E-state index in [1.54, 1.807) is 0 Å². The molecule has 0 N–H and O–H groups in total. The fourth-order valence-corrected chi connectivity index (χ4v) is 3.05. The third-order valence-electron chi connectivity index (χ3n) is 4.06. The molecule has 0 aliphatic heterocycles. The molecule has 0 aliphatic rings. The van der Waals surface area contributed by atoms with Crippen LogP contribution in [0.3, 0.4) is 0 Å². The molecule has 1 aromatic rings. The van der Waals surface area contributed by atoms with Gasteiger partial charge in [-0.1, -0.05) is 74.2 Å². The van der Waals surface area contributed by atoms with Crippen LogP contribution in [-0.2, 0) is 6.42 Å². The van der Waals surface area contributed by atoms with E-state index >= 15 is 0 Å². The molecule has 0 fully saturated rings. The van der Waals surface area contributed by atoms with Crippen molar-refractivity contribution in [1.29, 1.82) is 0 Å². The van der Waals surface area contributed by atoms with Gasteiger partial charge in [0.05, 0.1) is 0 Å². The second kappa shape index (κ2) is 9.80. The van der Waals surface area contributed by atoms with Gasteiger partial charge >= 0.3 is 0 Å². The highest BCUT2D eigenvalue weighted by Gasteiger charge is 2.10. The zero-order valence-corrected chi connectivity index (χ0v) is 15.7. The Morgan fingerprint density at radius 1 is 1.18 bits per heavy atom. The highest BCUT2D eigenvalue weighted by molar-refractivity contribution is 7.22. The van der Waals surface area contributed by atoms with Crippen molar-refractivity contribution in [1.82, 2.24) is 0 Å². The Labute approximate surface area is 139 Å². The maximum absolute atomic E-state index is 4.12. The van der Waals surface area contributed by atoms with Crippen molar-refractivity contribution in [3.05, 3.63) is 59.2 Å². The average Bonchev–Trinajstić information content (AvgIpc) is 2.46. The number of rotatable bonds is 9. The summed E-state index contributed by atoms with van der Waals surface area (Å²) in [5.41, 5.74) is 5.16. The van der Waals surface area contributed by atoms with Crippen molar-refractivity contribution >= 4 is 14.2 Å². The molecule has 0 amide bonds. The first-order valence-corrected chi connectivity index (χ1v) is 8.92. The van der Waals surface area contributed by atoms with E-state index in [0.717, 1.165) is 12.0 Å². The molecule has 0 heterocycles. The predicted octanol–water partition coefficient (Wildman–Crippen LogP) is 6.57. The van der Waals surface area contributed by atoms with Gasteiger partial charge in [0.25, 0.3) is 0 Å². The van der Waals surface area contributed by atoms with Gasteiger partial charge in [0.2, 0.25) is 0 Å². The molecule has 1 unspecified atom stereocenters. The van der Waals surface area contributed by atoms with Gasteiger partial charge in [0.1, 0.15) is 0 Å². The minimum Gasteiger partial charge on any atom is -0.118 e. The molecule has 0 aromatic heterocycles. The number of hydrogen-bond donors (Lipinski definition) is 0. The van der Waals surface area contributed by atoms with Gasteiger partial charge in [-0.15, -0.1) is 8.86 Å². The van der Waals surface area contributed by atoms with Gasteiger partial charge < -0.3 is 0 Å². The van der Waals surface area contributed by atoms with Crippen LogP contribution in [0.15, 0.2) is 48.1 Å². The summed E-state index contributed by atoms with van der Waals surface area (Å²) in [5.74, 6) is 0.576. The van der Waals surface area contributed by atoms with Crippen LogP contribution in [0.5, 0.6) is 0 Å². The van der Waals surface area contributed by atoms with Crippen LogP contribution in [0, 0.1) is 12.8 Å². The predicted molar refractivity (Wildman–Crippen MR) is 104 cm³/mol. The first-order chi connectivity index (χ1) is 10.4. The van der Waals surface area contributed by atoms with Crippen molar-refractivity contribution in [3.63, 3.8) is 0 Å². The summed E-state index contributed by atoms with van der Waals surface area (Å²) in [5, 5.41) is 1.18. The molecule has 1 aromatic carbocycles. The fourth-order valence-electron chi connectivity index (χ4n) is 2.75. The van der Waals surface area contributed by atoms with Gasteiger partial charge in [0, 0.05) is 0 Å². The smallest absolute Gasteiger partial charge is 0.0184 e. The highest BCUT2D eigenvalue weighted by atomic mass is 31.0. The third kappa shape index (κ3) is 6.75. The van der Waals surface area contributed by atoms with Crippen LogP contribution in [0.4, 0.5) is 0 Å². The molecule has 0 radical (unpaired) electrons. The monoisotopic (exact) mass is 314 g/mol. The van der Waals surface area contributed by atoms with Crippen LogP contribution >= 0.6 is 8.86 Å². The number of benzene rings is 1. The summed E-state index contributed by atoms with van der Waals surface area (Å²) in [6, 6.07) is 8.95. The normalized spacial score (nSPS) is 13.0. The van der Waals surface area contributed by atoms with Crippen molar-refractivity contribution in [2.24, 2.45) is 5.92 Å². The van der Waals surface area contributed by atoms with Crippen LogP contribution in [0.1, 0.15) is 57.6 Å². The lowest BCUT2D eigenvalue weighted by atomic mass is 9.89. The van der Waals surface area contributed by atoms with E-state index < -0.39 is 0 Å². The Bertz CT molecular complexity index is 503. The molecule has 1 atom stereocenters. The van der Waals surface area contributed by atoms with Crippen LogP contribution in [0.2, 0.25) is 0 Å². The van der Waals surface area contributed by atoms with E-state index in [0.29, 0.717) is 5.92 Å². The maximum atomic E-state index is 4.12. The zero-order valence-electron chi connectivity index (χ0n) is 14.7. The van der Waals surface area contributed by atoms with E-state index in [4.69, 9.17) is 0 Å². The number of hydrogen-bond acceptors (Lipinski definition) is 0. The largest absolute Gasteiger partial charge is 0.118 e. The van der Waals surface area contributed by atoms with Gasteiger partial charge in [-0.3, -0.25) is 0 Å². The number of allylic oxidation sites excluding steroid dienone is 3. The molecule has 0 saturated carbocycles. The summed E-state index contributed by atoms with van der Waals surface area (Å²) < 4.78 is 0. The maximum Gasteiger partial charge on any atom is -0.0184 e. The summed E-state index contributed by atoms with van der Waals surface area (Å²) in [6.45, 7) is 12.7. The van der Waals surface area contributed by atoms with Crippen LogP contribution in [0.25, 0.3) is 0 Å². The van der Waals surface area contributed by atoms with Crippen LogP contribution in [-0.4, -0.2) is 5.29 Å². The van der Waals surface area contributed by atoms with E-state index in [1.807, 2.05) is 0 Å². The quantitative estimate of drug-likeness (QED) is 0.275. The first kappa shape index (κ1) is 18.9. The zero-order chi connectivity index (χ0) is 16.5. The minimum atomic E-state index is 0.576. The SMILES string of the molecule is C=C(C)/C(=C\C(CCCCC)Cc1ccc(C)cc1)C(C)=P. The molecule has 1 rings (SSSR count). The molecule has 0 bridgehead atoms. The first-order valence-electron chi connectivity index (χ1n) is 8.42. The third-order valence-corrected chi connectivity index (χ3v) is 4.33. The fraction of sp³-hybridized carbons (Fsp3) is 0.476. The van der Waals surface area contributed by atoms with Crippen molar-refractivity contribution in [3.8, 4) is 0 Å². The molecule has 0 nitrogen and oxygen atoms in total. The Morgan fingerprint density at radius 3 is 2.32 bits per heavy atom.